The number of carboxylic acids is 1. The van der Waals surface area contributed by atoms with Gasteiger partial charge in [-0.2, -0.15) is 0 Å². The number of hydrogen-bond donors (Lipinski definition) is 2. The molecule has 1 aromatic carbocycles. The maximum absolute atomic E-state index is 12.6. The van der Waals surface area contributed by atoms with Gasteiger partial charge in [-0.25, -0.2) is 4.98 Å². The molecule has 2 unspecified atom stereocenters. The number of hydrogen-bond acceptors (Lipinski definition) is 5. The normalized spacial score (nSPS) is 19.3. The van der Waals surface area contributed by atoms with E-state index in [1.54, 1.807) is 11.1 Å². The molecule has 1 aromatic heterocycles. The highest BCUT2D eigenvalue weighted by Crippen LogP contribution is 2.24. The second-order valence-electron chi connectivity index (χ2n) is 6.10. The van der Waals surface area contributed by atoms with Crippen LogP contribution in [0.1, 0.15) is 35.9 Å². The minimum atomic E-state index is -0.855. The first kappa shape index (κ1) is 17.6. The lowest BCUT2D eigenvalue weighted by Gasteiger charge is -2.32. The molecule has 3 rings (SSSR count). The van der Waals surface area contributed by atoms with E-state index in [0.717, 1.165) is 23.4 Å². The van der Waals surface area contributed by atoms with Gasteiger partial charge in [0.2, 0.25) is 5.91 Å². The first-order valence-electron chi connectivity index (χ1n) is 8.35. The summed E-state index contributed by atoms with van der Waals surface area (Å²) in [5.41, 5.74) is 0.958. The zero-order valence-corrected chi connectivity index (χ0v) is 14.6. The van der Waals surface area contributed by atoms with Crippen LogP contribution < -0.4 is 5.32 Å². The summed E-state index contributed by atoms with van der Waals surface area (Å²) in [5.74, 6) is -1.04. The molecule has 1 saturated heterocycles. The third-order valence-electron chi connectivity index (χ3n) is 4.38. The number of carbonyl (C=O) groups is 2. The van der Waals surface area contributed by atoms with E-state index in [1.807, 2.05) is 35.7 Å². The Morgan fingerprint density at radius 3 is 2.80 bits per heavy atom. The molecule has 1 aliphatic rings. The number of aromatic nitrogens is 1. The Kier molecular flexibility index (Phi) is 5.78. The van der Waals surface area contributed by atoms with E-state index < -0.39 is 12.0 Å². The predicted octanol–water partition coefficient (Wildman–Crippen LogP) is 2.29. The first-order valence-corrected chi connectivity index (χ1v) is 9.23. The molecule has 0 aliphatic carbocycles. The highest BCUT2D eigenvalue weighted by Gasteiger charge is 2.30. The van der Waals surface area contributed by atoms with Gasteiger partial charge in [-0.05, 0) is 24.9 Å². The molecular weight excluding hydrogens is 338 g/mol. The zero-order chi connectivity index (χ0) is 17.6. The monoisotopic (exact) mass is 359 g/mol. The van der Waals surface area contributed by atoms with Crippen LogP contribution in [0.25, 0.3) is 0 Å². The molecule has 6 nitrogen and oxygen atoms in total. The average molecular weight is 359 g/mol. The van der Waals surface area contributed by atoms with E-state index in [-0.39, 0.29) is 18.5 Å². The number of nitrogens with one attached hydrogen (secondary N) is 1. The summed E-state index contributed by atoms with van der Waals surface area (Å²) < 4.78 is 0. The van der Waals surface area contributed by atoms with Crippen LogP contribution in [0.4, 0.5) is 0 Å². The van der Waals surface area contributed by atoms with Gasteiger partial charge >= 0.3 is 5.97 Å². The molecule has 2 heterocycles. The average Bonchev–Trinajstić information content (AvgIpc) is 3.15. The molecule has 2 atom stereocenters. The fraction of sp³-hybridized carbons (Fsp3) is 0.389. The highest BCUT2D eigenvalue weighted by molar-refractivity contribution is 7.09. The lowest BCUT2D eigenvalue weighted by Crippen LogP contribution is -2.49. The largest absolute Gasteiger partial charge is 0.480 e. The Labute approximate surface area is 150 Å². The number of piperidine rings is 1. The third kappa shape index (κ3) is 4.43. The van der Waals surface area contributed by atoms with Gasteiger partial charge in [0.1, 0.15) is 17.1 Å². The molecule has 0 saturated carbocycles. The first-order chi connectivity index (χ1) is 12.1. The van der Waals surface area contributed by atoms with Crippen LogP contribution in [0.5, 0.6) is 0 Å². The van der Waals surface area contributed by atoms with Crippen molar-refractivity contribution in [2.75, 3.05) is 13.1 Å². The Balaban J connectivity index is 1.71. The van der Waals surface area contributed by atoms with Crippen molar-refractivity contribution >= 4 is 23.2 Å². The molecule has 0 spiro atoms. The minimum Gasteiger partial charge on any atom is -0.480 e. The van der Waals surface area contributed by atoms with Crippen LogP contribution in [-0.2, 0) is 9.59 Å². The summed E-state index contributed by atoms with van der Waals surface area (Å²) in [4.78, 5) is 30.1. The predicted molar refractivity (Wildman–Crippen MR) is 95.4 cm³/mol. The standard InChI is InChI=1S/C18H21N3O3S/c22-15(12-21-10-5-4-8-14(21)18(23)24)20-16(17-19-9-11-25-17)13-6-2-1-3-7-13/h1-3,6-7,9,11,14,16H,4-5,8,10,12H2,(H,20,22)(H,23,24). The number of amides is 1. The summed E-state index contributed by atoms with van der Waals surface area (Å²) in [6.07, 6.45) is 4.12. The number of carboxylic acid groups (broad SMARTS) is 1. The van der Waals surface area contributed by atoms with Crippen molar-refractivity contribution < 1.29 is 14.7 Å². The number of likely N-dealkylation sites (tertiary alicyclic amines) is 1. The summed E-state index contributed by atoms with van der Waals surface area (Å²) >= 11 is 1.49. The van der Waals surface area contributed by atoms with Crippen molar-refractivity contribution in [3.8, 4) is 0 Å². The molecule has 0 radical (unpaired) electrons. The maximum atomic E-state index is 12.6. The minimum absolute atomic E-state index is 0.0890. The van der Waals surface area contributed by atoms with Gasteiger partial charge in [0.05, 0.1) is 6.54 Å². The van der Waals surface area contributed by atoms with Gasteiger partial charge in [0.25, 0.3) is 0 Å². The van der Waals surface area contributed by atoms with E-state index in [4.69, 9.17) is 0 Å². The van der Waals surface area contributed by atoms with E-state index in [2.05, 4.69) is 10.3 Å². The number of rotatable bonds is 6. The van der Waals surface area contributed by atoms with E-state index in [9.17, 15) is 14.7 Å². The van der Waals surface area contributed by atoms with Gasteiger partial charge in [0, 0.05) is 11.6 Å². The maximum Gasteiger partial charge on any atom is 0.320 e. The lowest BCUT2D eigenvalue weighted by molar-refractivity contribution is -0.145. The van der Waals surface area contributed by atoms with E-state index >= 15 is 0 Å². The fourth-order valence-corrected chi connectivity index (χ4v) is 3.88. The highest BCUT2D eigenvalue weighted by atomic mass is 32.1. The van der Waals surface area contributed by atoms with E-state index in [0.29, 0.717) is 13.0 Å². The topological polar surface area (TPSA) is 82.5 Å². The van der Waals surface area contributed by atoms with Gasteiger partial charge in [-0.1, -0.05) is 36.8 Å². The van der Waals surface area contributed by atoms with Gasteiger partial charge in [0.15, 0.2) is 0 Å². The summed E-state index contributed by atoms with van der Waals surface area (Å²) in [5, 5.41) is 15.1. The number of carbonyl (C=O) groups excluding carboxylic acids is 1. The molecular formula is C18H21N3O3S. The van der Waals surface area contributed by atoms with Crippen LogP contribution in [0.3, 0.4) is 0 Å². The molecule has 1 aliphatic heterocycles. The van der Waals surface area contributed by atoms with Crippen molar-refractivity contribution in [3.05, 3.63) is 52.5 Å². The second-order valence-corrected chi connectivity index (χ2v) is 7.03. The molecule has 1 fully saturated rings. The van der Waals surface area contributed by atoms with Crippen molar-refractivity contribution in [1.29, 1.82) is 0 Å². The molecule has 2 aromatic rings. The number of aliphatic carboxylic acids is 1. The van der Waals surface area contributed by atoms with E-state index in [1.165, 1.54) is 11.3 Å². The molecule has 132 valence electrons. The van der Waals surface area contributed by atoms with Crippen LogP contribution >= 0.6 is 11.3 Å². The fourth-order valence-electron chi connectivity index (χ4n) is 3.16. The van der Waals surface area contributed by atoms with Crippen molar-refractivity contribution in [2.24, 2.45) is 0 Å². The van der Waals surface area contributed by atoms with Gasteiger partial charge in [-0.15, -0.1) is 11.3 Å². The second kappa shape index (κ2) is 8.22. The Morgan fingerprint density at radius 2 is 2.12 bits per heavy atom. The van der Waals surface area contributed by atoms with Crippen LogP contribution in [-0.4, -0.2) is 46.0 Å². The molecule has 25 heavy (non-hydrogen) atoms. The lowest BCUT2D eigenvalue weighted by atomic mass is 10.0. The molecule has 7 heteroatoms. The number of nitrogens with zero attached hydrogens (tertiary/aromatic N) is 2. The van der Waals surface area contributed by atoms with Gasteiger partial charge < -0.3 is 10.4 Å². The summed E-state index contributed by atoms with van der Waals surface area (Å²) in [7, 11) is 0. The third-order valence-corrected chi connectivity index (χ3v) is 5.22. The summed E-state index contributed by atoms with van der Waals surface area (Å²) in [6, 6.07) is 8.78. The Morgan fingerprint density at radius 1 is 1.32 bits per heavy atom. The van der Waals surface area contributed by atoms with Crippen LogP contribution in [0.15, 0.2) is 41.9 Å². The Bertz CT molecular complexity index is 706. The smallest absolute Gasteiger partial charge is 0.320 e. The number of thiazole rings is 1. The number of benzene rings is 1. The quantitative estimate of drug-likeness (QED) is 0.827. The molecule has 2 N–H and O–H groups in total. The Hall–Kier alpha value is -2.25. The van der Waals surface area contributed by atoms with Crippen molar-refractivity contribution in [2.45, 2.75) is 31.3 Å². The SMILES string of the molecule is O=C(CN1CCCCC1C(=O)O)NC(c1ccccc1)c1nccs1. The van der Waals surface area contributed by atoms with Crippen molar-refractivity contribution in [3.63, 3.8) is 0 Å². The van der Waals surface area contributed by atoms with Gasteiger partial charge in [-0.3, -0.25) is 14.5 Å². The van der Waals surface area contributed by atoms with Crippen molar-refractivity contribution in [1.82, 2.24) is 15.2 Å². The zero-order valence-electron chi connectivity index (χ0n) is 13.8. The summed E-state index contributed by atoms with van der Waals surface area (Å²) in [6.45, 7) is 0.726. The van der Waals surface area contributed by atoms with Crippen LogP contribution in [0.2, 0.25) is 0 Å². The molecule has 1 amide bonds. The molecule has 0 bridgehead atoms. The van der Waals surface area contributed by atoms with Crippen LogP contribution in [0, 0.1) is 0 Å².